The van der Waals surface area contributed by atoms with Crippen molar-refractivity contribution in [3.63, 3.8) is 0 Å². The van der Waals surface area contributed by atoms with Crippen LogP contribution in [0.2, 0.25) is 0 Å². The molecular formula is C11H15F3N4. The smallest absolute Gasteiger partial charge is 0.338 e. The van der Waals surface area contributed by atoms with E-state index in [1.54, 1.807) is 0 Å². The van der Waals surface area contributed by atoms with Crippen molar-refractivity contribution < 1.29 is 13.2 Å². The van der Waals surface area contributed by atoms with Crippen LogP contribution >= 0.6 is 0 Å². The first-order valence-electron chi connectivity index (χ1n) is 5.89. The number of rotatable bonds is 3. The Kier molecular flexibility index (Phi) is 3.70. The number of hydrogen-bond acceptors (Lipinski definition) is 4. The summed E-state index contributed by atoms with van der Waals surface area (Å²) in [6.45, 7) is 1.20. The maximum atomic E-state index is 12.6. The van der Waals surface area contributed by atoms with Crippen molar-refractivity contribution in [3.05, 3.63) is 18.0 Å². The van der Waals surface area contributed by atoms with E-state index >= 15 is 0 Å². The summed E-state index contributed by atoms with van der Waals surface area (Å²) in [5, 5.41) is 0. The SMILES string of the molecule is NCCC1CCCN1c1nccc(C(F)(F)F)n1. The van der Waals surface area contributed by atoms with E-state index in [0.29, 0.717) is 13.1 Å². The fraction of sp³-hybridized carbons (Fsp3) is 0.636. The predicted octanol–water partition coefficient (Wildman–Crippen LogP) is 1.81. The van der Waals surface area contributed by atoms with Gasteiger partial charge in [0.1, 0.15) is 5.69 Å². The predicted molar refractivity (Wildman–Crippen MR) is 61.1 cm³/mol. The van der Waals surface area contributed by atoms with E-state index in [4.69, 9.17) is 5.73 Å². The van der Waals surface area contributed by atoms with Crippen molar-refractivity contribution in [2.24, 2.45) is 5.73 Å². The molecule has 0 saturated carbocycles. The highest BCUT2D eigenvalue weighted by atomic mass is 19.4. The van der Waals surface area contributed by atoms with Gasteiger partial charge in [-0.15, -0.1) is 0 Å². The maximum absolute atomic E-state index is 12.6. The number of aromatic nitrogens is 2. The lowest BCUT2D eigenvalue weighted by molar-refractivity contribution is -0.141. The molecule has 1 unspecified atom stereocenters. The van der Waals surface area contributed by atoms with Gasteiger partial charge in [-0.3, -0.25) is 0 Å². The molecule has 1 aromatic rings. The topological polar surface area (TPSA) is 55.0 Å². The number of nitrogens with zero attached hydrogens (tertiary/aromatic N) is 3. The number of nitrogens with two attached hydrogens (primary N) is 1. The summed E-state index contributed by atoms with van der Waals surface area (Å²) in [5.74, 6) is 0.153. The lowest BCUT2D eigenvalue weighted by Crippen LogP contribution is -2.33. The minimum Gasteiger partial charge on any atom is -0.338 e. The van der Waals surface area contributed by atoms with Crippen LogP contribution in [-0.4, -0.2) is 29.1 Å². The molecule has 1 fully saturated rings. The van der Waals surface area contributed by atoms with Gasteiger partial charge in [0, 0.05) is 18.8 Å². The molecule has 1 saturated heterocycles. The van der Waals surface area contributed by atoms with E-state index in [0.717, 1.165) is 31.5 Å². The lowest BCUT2D eigenvalue weighted by Gasteiger charge is -2.24. The molecule has 4 nitrogen and oxygen atoms in total. The molecule has 1 aromatic heterocycles. The fourth-order valence-electron chi connectivity index (χ4n) is 2.24. The van der Waals surface area contributed by atoms with Crippen LogP contribution < -0.4 is 10.6 Å². The Labute approximate surface area is 103 Å². The molecule has 0 spiro atoms. The van der Waals surface area contributed by atoms with Crippen molar-refractivity contribution in [1.29, 1.82) is 0 Å². The third kappa shape index (κ3) is 2.72. The molecule has 0 bridgehead atoms. The van der Waals surface area contributed by atoms with Crippen molar-refractivity contribution in [1.82, 2.24) is 9.97 Å². The van der Waals surface area contributed by atoms with E-state index in [1.807, 2.05) is 4.90 Å². The quantitative estimate of drug-likeness (QED) is 0.900. The van der Waals surface area contributed by atoms with Crippen LogP contribution in [0, 0.1) is 0 Å². The largest absolute Gasteiger partial charge is 0.433 e. The Morgan fingerprint density at radius 2 is 2.22 bits per heavy atom. The lowest BCUT2D eigenvalue weighted by atomic mass is 10.1. The zero-order chi connectivity index (χ0) is 13.2. The van der Waals surface area contributed by atoms with Gasteiger partial charge >= 0.3 is 6.18 Å². The summed E-state index contributed by atoms with van der Waals surface area (Å²) in [6.07, 6.45) is -0.662. The van der Waals surface area contributed by atoms with Crippen molar-refractivity contribution >= 4 is 5.95 Å². The first kappa shape index (κ1) is 13.1. The first-order chi connectivity index (χ1) is 8.52. The molecule has 1 aliphatic rings. The molecule has 1 aliphatic heterocycles. The highest BCUT2D eigenvalue weighted by Crippen LogP contribution is 2.30. The highest BCUT2D eigenvalue weighted by molar-refractivity contribution is 5.34. The zero-order valence-corrected chi connectivity index (χ0v) is 9.82. The molecule has 0 amide bonds. The Balaban J connectivity index is 2.22. The van der Waals surface area contributed by atoms with Gasteiger partial charge < -0.3 is 10.6 Å². The summed E-state index contributed by atoms with van der Waals surface area (Å²) in [4.78, 5) is 9.37. The summed E-state index contributed by atoms with van der Waals surface area (Å²) in [7, 11) is 0. The standard InChI is InChI=1S/C11H15F3N4/c12-11(13,14)9-4-6-16-10(17-9)18-7-1-2-8(18)3-5-15/h4,6,8H,1-3,5,7,15H2. The average Bonchev–Trinajstić information content (AvgIpc) is 2.77. The molecule has 100 valence electrons. The number of hydrogen-bond donors (Lipinski definition) is 1. The molecule has 7 heteroatoms. The zero-order valence-electron chi connectivity index (χ0n) is 9.82. The number of anilines is 1. The Morgan fingerprint density at radius 3 is 2.89 bits per heavy atom. The van der Waals surface area contributed by atoms with Gasteiger partial charge in [0.2, 0.25) is 5.95 Å². The summed E-state index contributed by atoms with van der Waals surface area (Å²) < 4.78 is 37.7. The molecule has 0 aromatic carbocycles. The van der Waals surface area contributed by atoms with Gasteiger partial charge in [0.05, 0.1) is 0 Å². The highest BCUT2D eigenvalue weighted by Gasteiger charge is 2.34. The van der Waals surface area contributed by atoms with Crippen LogP contribution in [0.25, 0.3) is 0 Å². The average molecular weight is 260 g/mol. The Bertz CT molecular complexity index is 408. The molecular weight excluding hydrogens is 245 g/mol. The van der Waals surface area contributed by atoms with Crippen LogP contribution in [0.15, 0.2) is 12.3 Å². The fourth-order valence-corrected chi connectivity index (χ4v) is 2.24. The van der Waals surface area contributed by atoms with Gasteiger partial charge in [-0.2, -0.15) is 13.2 Å². The van der Waals surface area contributed by atoms with Crippen molar-refractivity contribution in [3.8, 4) is 0 Å². The number of alkyl halides is 3. The minimum atomic E-state index is -4.43. The second-order valence-electron chi connectivity index (χ2n) is 4.31. The van der Waals surface area contributed by atoms with Crippen LogP contribution in [0.3, 0.4) is 0 Å². The third-order valence-electron chi connectivity index (χ3n) is 3.07. The van der Waals surface area contributed by atoms with E-state index in [1.165, 1.54) is 0 Å². The molecule has 0 radical (unpaired) electrons. The van der Waals surface area contributed by atoms with Crippen LogP contribution in [-0.2, 0) is 6.18 Å². The minimum absolute atomic E-state index is 0.151. The van der Waals surface area contributed by atoms with Crippen molar-refractivity contribution in [2.45, 2.75) is 31.5 Å². The second kappa shape index (κ2) is 5.09. The van der Waals surface area contributed by atoms with Crippen LogP contribution in [0.4, 0.5) is 19.1 Å². The van der Waals surface area contributed by atoms with Gasteiger partial charge in [-0.25, -0.2) is 9.97 Å². The Morgan fingerprint density at radius 1 is 1.44 bits per heavy atom. The third-order valence-corrected chi connectivity index (χ3v) is 3.07. The summed E-state index contributed by atoms with van der Waals surface area (Å²) in [5.41, 5.74) is 4.60. The summed E-state index contributed by atoms with van der Waals surface area (Å²) >= 11 is 0. The van der Waals surface area contributed by atoms with E-state index in [2.05, 4.69) is 9.97 Å². The van der Waals surface area contributed by atoms with Gasteiger partial charge in [0.25, 0.3) is 0 Å². The molecule has 0 aliphatic carbocycles. The first-order valence-corrected chi connectivity index (χ1v) is 5.89. The van der Waals surface area contributed by atoms with Crippen molar-refractivity contribution in [2.75, 3.05) is 18.0 Å². The monoisotopic (exact) mass is 260 g/mol. The van der Waals surface area contributed by atoms with Gasteiger partial charge in [0.15, 0.2) is 0 Å². The molecule has 2 N–H and O–H groups in total. The van der Waals surface area contributed by atoms with Gasteiger partial charge in [-0.05, 0) is 31.9 Å². The van der Waals surface area contributed by atoms with Gasteiger partial charge in [-0.1, -0.05) is 0 Å². The van der Waals surface area contributed by atoms with Crippen LogP contribution in [0.1, 0.15) is 25.0 Å². The number of halogens is 3. The molecule has 2 rings (SSSR count). The van der Waals surface area contributed by atoms with Crippen LogP contribution in [0.5, 0.6) is 0 Å². The molecule has 1 atom stereocenters. The Hall–Kier alpha value is -1.37. The van der Waals surface area contributed by atoms with E-state index < -0.39 is 11.9 Å². The van der Waals surface area contributed by atoms with E-state index in [-0.39, 0.29) is 12.0 Å². The molecule has 18 heavy (non-hydrogen) atoms. The van der Waals surface area contributed by atoms with E-state index in [9.17, 15) is 13.2 Å². The molecule has 2 heterocycles. The normalized spacial score (nSPS) is 20.4. The maximum Gasteiger partial charge on any atom is 0.433 e. The second-order valence-corrected chi connectivity index (χ2v) is 4.31. The summed E-state index contributed by atoms with van der Waals surface area (Å²) in [6, 6.07) is 1.04.